The van der Waals surface area contributed by atoms with Crippen LogP contribution in [0.15, 0.2) is 48.5 Å². The zero-order chi connectivity index (χ0) is 24.2. The molecule has 2 aromatic carbocycles. The molecule has 0 spiro atoms. The van der Waals surface area contributed by atoms with E-state index in [0.29, 0.717) is 6.42 Å². The Morgan fingerprint density at radius 2 is 1.58 bits per heavy atom. The molecule has 1 unspecified atom stereocenters. The quantitative estimate of drug-likeness (QED) is 0.530. The van der Waals surface area contributed by atoms with E-state index in [1.807, 2.05) is 43.3 Å². The van der Waals surface area contributed by atoms with Crippen LogP contribution in [0.1, 0.15) is 51.2 Å². The summed E-state index contributed by atoms with van der Waals surface area (Å²) in [4.78, 5) is 36.7. The van der Waals surface area contributed by atoms with Gasteiger partial charge in [0.25, 0.3) is 0 Å². The first-order chi connectivity index (χ1) is 15.7. The van der Waals surface area contributed by atoms with Crippen LogP contribution in [0.5, 0.6) is 0 Å². The average molecular weight is 453 g/mol. The third kappa shape index (κ3) is 5.18. The highest BCUT2D eigenvalue weighted by Crippen LogP contribution is 2.44. The highest BCUT2D eigenvalue weighted by atomic mass is 16.5. The molecule has 176 valence electrons. The van der Waals surface area contributed by atoms with E-state index in [9.17, 15) is 19.5 Å². The Bertz CT molecular complexity index is 989. The molecule has 0 bridgehead atoms. The Morgan fingerprint density at radius 1 is 1.03 bits per heavy atom. The second-order valence-electron chi connectivity index (χ2n) is 9.13. The van der Waals surface area contributed by atoms with E-state index in [2.05, 4.69) is 22.8 Å². The number of benzene rings is 2. The number of hydrogen-bond donors (Lipinski definition) is 3. The maximum atomic E-state index is 12.8. The van der Waals surface area contributed by atoms with E-state index in [-0.39, 0.29) is 25.0 Å². The summed E-state index contributed by atoms with van der Waals surface area (Å²) < 4.78 is 5.54. The third-order valence-corrected chi connectivity index (χ3v) is 6.51. The van der Waals surface area contributed by atoms with Crippen molar-refractivity contribution in [3.63, 3.8) is 0 Å². The van der Waals surface area contributed by atoms with Gasteiger partial charge >= 0.3 is 12.1 Å². The molecular formula is C26H32N2O5. The van der Waals surface area contributed by atoms with E-state index < -0.39 is 29.4 Å². The molecule has 0 fully saturated rings. The molecule has 2 amide bonds. The van der Waals surface area contributed by atoms with Crippen molar-refractivity contribution in [2.24, 2.45) is 11.3 Å². The zero-order valence-electron chi connectivity index (χ0n) is 19.6. The number of amides is 2. The Labute approximate surface area is 194 Å². The molecular weight excluding hydrogens is 420 g/mol. The number of carboxylic acid groups (broad SMARTS) is 1. The van der Waals surface area contributed by atoms with Crippen molar-refractivity contribution in [3.05, 3.63) is 59.7 Å². The molecule has 7 heteroatoms. The molecule has 1 aliphatic rings. The van der Waals surface area contributed by atoms with Gasteiger partial charge in [-0.3, -0.25) is 4.79 Å². The normalized spacial score (nSPS) is 15.2. The largest absolute Gasteiger partial charge is 0.480 e. The number of nitrogens with one attached hydrogen (secondary N) is 2. The maximum Gasteiger partial charge on any atom is 0.407 e. The Morgan fingerprint density at radius 3 is 2.06 bits per heavy atom. The summed E-state index contributed by atoms with van der Waals surface area (Å²) in [5.41, 5.74) is 3.58. The van der Waals surface area contributed by atoms with Crippen LogP contribution < -0.4 is 10.6 Å². The molecule has 0 saturated heterocycles. The fraction of sp³-hybridized carbons (Fsp3) is 0.423. The monoisotopic (exact) mass is 452 g/mol. The molecule has 2 aromatic rings. The summed E-state index contributed by atoms with van der Waals surface area (Å²) in [5, 5.41) is 14.6. The van der Waals surface area contributed by atoms with Crippen molar-refractivity contribution >= 4 is 18.0 Å². The van der Waals surface area contributed by atoms with E-state index >= 15 is 0 Å². The number of rotatable bonds is 9. The first kappa shape index (κ1) is 24.3. The minimum absolute atomic E-state index is 0.0381. The molecule has 2 atom stereocenters. The minimum Gasteiger partial charge on any atom is -0.480 e. The lowest BCUT2D eigenvalue weighted by Gasteiger charge is -2.30. The van der Waals surface area contributed by atoms with Crippen LogP contribution in [0.4, 0.5) is 4.79 Å². The Hall–Kier alpha value is -3.35. The molecule has 3 rings (SSSR count). The molecule has 0 radical (unpaired) electrons. The number of carboxylic acids is 1. The number of alkyl carbamates (subject to hydrolysis) is 1. The van der Waals surface area contributed by atoms with Crippen molar-refractivity contribution in [3.8, 4) is 11.1 Å². The highest BCUT2D eigenvalue weighted by molar-refractivity contribution is 5.88. The molecule has 0 saturated carbocycles. The van der Waals surface area contributed by atoms with Gasteiger partial charge in [-0.25, -0.2) is 9.59 Å². The first-order valence-electron chi connectivity index (χ1n) is 11.3. The lowest BCUT2D eigenvalue weighted by atomic mass is 9.85. The third-order valence-electron chi connectivity index (χ3n) is 6.51. The van der Waals surface area contributed by atoms with Crippen LogP contribution in [0.25, 0.3) is 11.1 Å². The predicted molar refractivity (Wildman–Crippen MR) is 126 cm³/mol. The number of fused-ring (bicyclic) bond motifs is 3. The molecule has 0 aliphatic heterocycles. The topological polar surface area (TPSA) is 105 Å². The van der Waals surface area contributed by atoms with E-state index in [0.717, 1.165) is 22.3 Å². The van der Waals surface area contributed by atoms with Gasteiger partial charge < -0.3 is 20.5 Å². The van der Waals surface area contributed by atoms with Crippen LogP contribution >= 0.6 is 0 Å². The summed E-state index contributed by atoms with van der Waals surface area (Å²) >= 11 is 0. The van der Waals surface area contributed by atoms with Crippen molar-refractivity contribution < 1.29 is 24.2 Å². The fourth-order valence-electron chi connectivity index (χ4n) is 4.11. The molecule has 0 heterocycles. The van der Waals surface area contributed by atoms with Crippen molar-refractivity contribution in [2.75, 3.05) is 13.2 Å². The van der Waals surface area contributed by atoms with Crippen molar-refractivity contribution in [1.82, 2.24) is 10.6 Å². The van der Waals surface area contributed by atoms with Gasteiger partial charge in [0.2, 0.25) is 5.91 Å². The van der Waals surface area contributed by atoms with E-state index in [1.165, 1.54) is 0 Å². The molecule has 3 N–H and O–H groups in total. The van der Waals surface area contributed by atoms with Crippen LogP contribution in [-0.4, -0.2) is 42.3 Å². The lowest BCUT2D eigenvalue weighted by molar-refractivity contribution is -0.145. The number of carbonyl (C=O) groups is 3. The van der Waals surface area contributed by atoms with Gasteiger partial charge in [-0.2, -0.15) is 0 Å². The fourth-order valence-corrected chi connectivity index (χ4v) is 4.11. The van der Waals surface area contributed by atoms with Crippen LogP contribution in [-0.2, 0) is 14.3 Å². The second-order valence-corrected chi connectivity index (χ2v) is 9.13. The standard InChI is InChI=1S/C26H32N2O5/c1-5-26(4,24(31)28-22(16(2)3)23(29)30)15-27-25(32)33-14-21-19-12-8-6-10-17(19)18-11-7-9-13-20(18)21/h6-13,16,21-22H,5,14-15H2,1-4H3,(H,27,32)(H,28,31)(H,29,30)/t22-,26?/m1/s1. The van der Waals surface area contributed by atoms with E-state index in [4.69, 9.17) is 4.74 Å². The van der Waals surface area contributed by atoms with Gasteiger partial charge in [-0.05, 0) is 41.5 Å². The summed E-state index contributed by atoms with van der Waals surface area (Å²) in [5.74, 6) is -1.81. The summed E-state index contributed by atoms with van der Waals surface area (Å²) in [7, 11) is 0. The number of carbonyl (C=O) groups excluding carboxylic acids is 2. The molecule has 7 nitrogen and oxygen atoms in total. The Kier molecular flexibility index (Phi) is 7.41. The maximum absolute atomic E-state index is 12.8. The van der Waals surface area contributed by atoms with Crippen LogP contribution in [0, 0.1) is 11.3 Å². The Balaban J connectivity index is 1.61. The first-order valence-corrected chi connectivity index (χ1v) is 11.3. The zero-order valence-corrected chi connectivity index (χ0v) is 19.6. The minimum atomic E-state index is -1.08. The smallest absolute Gasteiger partial charge is 0.407 e. The second kappa shape index (κ2) is 10.1. The summed E-state index contributed by atoms with van der Waals surface area (Å²) in [6.45, 7) is 7.21. The molecule has 1 aliphatic carbocycles. The highest BCUT2D eigenvalue weighted by Gasteiger charge is 2.36. The van der Waals surface area contributed by atoms with E-state index in [1.54, 1.807) is 20.8 Å². The average Bonchev–Trinajstić information content (AvgIpc) is 3.12. The van der Waals surface area contributed by atoms with Crippen LogP contribution in [0.3, 0.4) is 0 Å². The van der Waals surface area contributed by atoms with Crippen LogP contribution in [0.2, 0.25) is 0 Å². The van der Waals surface area contributed by atoms with Crippen molar-refractivity contribution in [1.29, 1.82) is 0 Å². The van der Waals surface area contributed by atoms with Gasteiger partial charge in [0.1, 0.15) is 12.6 Å². The predicted octanol–water partition coefficient (Wildman–Crippen LogP) is 4.17. The van der Waals surface area contributed by atoms with Gasteiger partial charge in [0.05, 0.1) is 5.41 Å². The van der Waals surface area contributed by atoms with Gasteiger partial charge in [0.15, 0.2) is 0 Å². The lowest BCUT2D eigenvalue weighted by Crippen LogP contribution is -2.53. The molecule has 0 aromatic heterocycles. The van der Waals surface area contributed by atoms with Crippen molar-refractivity contribution in [2.45, 2.75) is 46.1 Å². The van der Waals surface area contributed by atoms with Gasteiger partial charge in [-0.15, -0.1) is 0 Å². The molecule has 33 heavy (non-hydrogen) atoms. The summed E-state index contributed by atoms with van der Waals surface area (Å²) in [6.07, 6.45) is -0.185. The number of hydrogen-bond acceptors (Lipinski definition) is 4. The number of aliphatic carboxylic acids is 1. The SMILES string of the molecule is CCC(C)(CNC(=O)OCC1c2ccccc2-c2ccccc21)C(=O)N[C@@H](C(=O)O)C(C)C. The summed E-state index contributed by atoms with van der Waals surface area (Å²) in [6, 6.07) is 15.2. The van der Waals surface area contributed by atoms with Gasteiger partial charge in [0, 0.05) is 12.5 Å². The number of ether oxygens (including phenoxy) is 1. The van der Waals surface area contributed by atoms with Gasteiger partial charge in [-0.1, -0.05) is 69.3 Å².